The lowest BCUT2D eigenvalue weighted by Gasteiger charge is -1.69. The lowest BCUT2D eigenvalue weighted by molar-refractivity contribution is 0.929. The van der Waals surface area contributed by atoms with Gasteiger partial charge in [0.2, 0.25) is 0 Å². The summed E-state index contributed by atoms with van der Waals surface area (Å²) >= 11 is 0. The normalized spacial score (nSPS) is 12.7. The van der Waals surface area contributed by atoms with E-state index in [9.17, 15) is 0 Å². The standard InChI is InChI=1S/C5H8.2C3H8/c1-2-4-5-3-1;2*1-3-2/h1-2H,3-5H2;2*3H2,1-2H3. The Morgan fingerprint density at radius 3 is 1.18 bits per heavy atom. The van der Waals surface area contributed by atoms with Crippen molar-refractivity contribution in [1.82, 2.24) is 0 Å². The van der Waals surface area contributed by atoms with Crippen LogP contribution in [-0.4, -0.2) is 0 Å². The largest absolute Gasteiger partial charge is 0.0885 e. The second-order valence-corrected chi connectivity index (χ2v) is 2.82. The zero-order valence-electron chi connectivity index (χ0n) is 8.69. The molecule has 0 aromatic rings. The highest BCUT2D eigenvalue weighted by molar-refractivity contribution is 4.88. The summed E-state index contributed by atoms with van der Waals surface area (Å²) in [6.07, 6.45) is 11.0. The van der Waals surface area contributed by atoms with E-state index in [0.717, 1.165) is 0 Å². The third-order valence-corrected chi connectivity index (χ3v) is 0.908. The fraction of sp³-hybridized carbons (Fsp3) is 0.818. The van der Waals surface area contributed by atoms with Gasteiger partial charge in [0, 0.05) is 0 Å². The summed E-state index contributed by atoms with van der Waals surface area (Å²) in [6.45, 7) is 8.50. The molecule has 0 bridgehead atoms. The molecule has 0 nitrogen and oxygen atoms in total. The Balaban J connectivity index is 0. The molecule has 0 fully saturated rings. The highest BCUT2D eigenvalue weighted by Gasteiger charge is 1.84. The predicted octanol–water partition coefficient (Wildman–Crippen LogP) is 4.56. The Kier molecular flexibility index (Phi) is 19.9. The van der Waals surface area contributed by atoms with Crippen LogP contribution in [0.2, 0.25) is 0 Å². The Morgan fingerprint density at radius 2 is 1.09 bits per heavy atom. The Bertz CT molecular complexity index is 54.4. The Morgan fingerprint density at radius 1 is 0.818 bits per heavy atom. The van der Waals surface area contributed by atoms with Gasteiger partial charge in [-0.15, -0.1) is 0 Å². The van der Waals surface area contributed by atoms with Crippen LogP contribution in [0.5, 0.6) is 0 Å². The molecular formula is C11H24. The van der Waals surface area contributed by atoms with Crippen molar-refractivity contribution in [2.45, 2.75) is 59.8 Å². The third kappa shape index (κ3) is 26.0. The van der Waals surface area contributed by atoms with E-state index in [4.69, 9.17) is 0 Å². The molecule has 11 heavy (non-hydrogen) atoms. The second kappa shape index (κ2) is 16.4. The number of hydrogen-bond acceptors (Lipinski definition) is 0. The number of allylic oxidation sites excluding steroid dienone is 2. The van der Waals surface area contributed by atoms with E-state index in [1.54, 1.807) is 0 Å². The van der Waals surface area contributed by atoms with Crippen LogP contribution in [-0.2, 0) is 0 Å². The van der Waals surface area contributed by atoms with E-state index < -0.39 is 0 Å². The van der Waals surface area contributed by atoms with E-state index in [2.05, 4.69) is 39.8 Å². The number of hydrogen-bond donors (Lipinski definition) is 0. The van der Waals surface area contributed by atoms with E-state index in [-0.39, 0.29) is 0 Å². The van der Waals surface area contributed by atoms with Crippen molar-refractivity contribution in [2.24, 2.45) is 0 Å². The first-order chi connectivity index (χ1) is 5.33. The van der Waals surface area contributed by atoms with Crippen molar-refractivity contribution < 1.29 is 0 Å². The molecule has 0 aliphatic heterocycles. The maximum atomic E-state index is 2.24. The summed E-state index contributed by atoms with van der Waals surface area (Å²) in [4.78, 5) is 0. The van der Waals surface area contributed by atoms with E-state index >= 15 is 0 Å². The smallest absolute Gasteiger partial charge is 0.0348 e. The van der Waals surface area contributed by atoms with Crippen molar-refractivity contribution in [3.8, 4) is 0 Å². The average molecular weight is 156 g/mol. The molecule has 0 heteroatoms. The van der Waals surface area contributed by atoms with Crippen LogP contribution in [0.3, 0.4) is 0 Å². The second-order valence-electron chi connectivity index (χ2n) is 2.82. The molecule has 0 N–H and O–H groups in total. The molecule has 1 rings (SSSR count). The molecule has 0 amide bonds. The summed E-state index contributed by atoms with van der Waals surface area (Å²) in [7, 11) is 0. The average Bonchev–Trinajstić information content (AvgIpc) is 2.44. The highest BCUT2D eigenvalue weighted by Crippen LogP contribution is 2.05. The quantitative estimate of drug-likeness (QED) is 0.451. The highest BCUT2D eigenvalue weighted by atomic mass is 13.9. The van der Waals surface area contributed by atoms with Crippen LogP contribution >= 0.6 is 0 Å². The topological polar surface area (TPSA) is 0 Å². The lowest BCUT2D eigenvalue weighted by atomic mass is 10.4. The summed E-state index contributed by atoms with van der Waals surface area (Å²) in [5, 5.41) is 0. The molecule has 0 saturated heterocycles. The van der Waals surface area contributed by atoms with Gasteiger partial charge in [-0.3, -0.25) is 0 Å². The molecule has 0 aromatic carbocycles. The molecule has 0 heterocycles. The summed E-state index contributed by atoms with van der Waals surface area (Å²) in [5.41, 5.74) is 0. The van der Waals surface area contributed by atoms with E-state index in [1.807, 2.05) is 0 Å². The van der Waals surface area contributed by atoms with Gasteiger partial charge in [0.05, 0.1) is 0 Å². The van der Waals surface area contributed by atoms with Gasteiger partial charge in [-0.1, -0.05) is 52.7 Å². The summed E-state index contributed by atoms with van der Waals surface area (Å²) in [6, 6.07) is 0. The Hall–Kier alpha value is -0.260. The van der Waals surface area contributed by atoms with Crippen molar-refractivity contribution in [1.29, 1.82) is 0 Å². The van der Waals surface area contributed by atoms with Crippen LogP contribution in [0.25, 0.3) is 0 Å². The van der Waals surface area contributed by atoms with Crippen LogP contribution in [0, 0.1) is 0 Å². The molecule has 0 spiro atoms. The molecule has 0 aromatic heterocycles. The molecule has 0 radical (unpaired) electrons. The molecular weight excluding hydrogens is 132 g/mol. The van der Waals surface area contributed by atoms with Crippen LogP contribution in [0.1, 0.15) is 59.8 Å². The van der Waals surface area contributed by atoms with E-state index in [1.165, 1.54) is 32.1 Å². The van der Waals surface area contributed by atoms with E-state index in [0.29, 0.717) is 0 Å². The van der Waals surface area contributed by atoms with Crippen LogP contribution < -0.4 is 0 Å². The molecule has 0 saturated carbocycles. The van der Waals surface area contributed by atoms with Crippen molar-refractivity contribution in [3.63, 3.8) is 0 Å². The maximum absolute atomic E-state index is 2.24. The van der Waals surface area contributed by atoms with Crippen LogP contribution in [0.4, 0.5) is 0 Å². The molecule has 1 aliphatic carbocycles. The molecule has 0 unspecified atom stereocenters. The van der Waals surface area contributed by atoms with Gasteiger partial charge in [-0.2, -0.15) is 0 Å². The molecule has 0 atom stereocenters. The van der Waals surface area contributed by atoms with Gasteiger partial charge >= 0.3 is 0 Å². The van der Waals surface area contributed by atoms with Crippen LogP contribution in [0.15, 0.2) is 12.2 Å². The summed E-state index contributed by atoms with van der Waals surface area (Å²) < 4.78 is 0. The first kappa shape index (κ1) is 13.3. The van der Waals surface area contributed by atoms with Gasteiger partial charge in [-0.05, 0) is 19.3 Å². The fourth-order valence-electron chi connectivity index (χ4n) is 0.589. The maximum Gasteiger partial charge on any atom is -0.0348 e. The summed E-state index contributed by atoms with van der Waals surface area (Å²) in [5.74, 6) is 0. The monoisotopic (exact) mass is 156 g/mol. The zero-order chi connectivity index (χ0) is 8.95. The van der Waals surface area contributed by atoms with Crippen molar-refractivity contribution in [3.05, 3.63) is 12.2 Å². The lowest BCUT2D eigenvalue weighted by Crippen LogP contribution is -1.50. The van der Waals surface area contributed by atoms with Gasteiger partial charge in [-0.25, -0.2) is 0 Å². The minimum Gasteiger partial charge on any atom is -0.0885 e. The molecule has 1 aliphatic rings. The predicted molar refractivity (Wildman–Crippen MR) is 54.9 cm³/mol. The Labute approximate surface area is 72.7 Å². The zero-order valence-corrected chi connectivity index (χ0v) is 8.69. The first-order valence-corrected chi connectivity index (χ1v) is 4.98. The SMILES string of the molecule is C1=CCCC1.CCC.CCC. The van der Waals surface area contributed by atoms with Gasteiger partial charge < -0.3 is 0 Å². The van der Waals surface area contributed by atoms with Gasteiger partial charge in [0.1, 0.15) is 0 Å². The third-order valence-electron chi connectivity index (χ3n) is 0.908. The minimum absolute atomic E-state index is 1.25. The van der Waals surface area contributed by atoms with Crippen molar-refractivity contribution in [2.75, 3.05) is 0 Å². The number of rotatable bonds is 0. The first-order valence-electron chi connectivity index (χ1n) is 4.98. The van der Waals surface area contributed by atoms with Gasteiger partial charge in [0.15, 0.2) is 0 Å². The fourth-order valence-corrected chi connectivity index (χ4v) is 0.589. The van der Waals surface area contributed by atoms with Crippen molar-refractivity contribution >= 4 is 0 Å². The molecule has 68 valence electrons. The minimum atomic E-state index is 1.25. The van der Waals surface area contributed by atoms with Gasteiger partial charge in [0.25, 0.3) is 0 Å².